The molecule has 0 aliphatic heterocycles. The summed E-state index contributed by atoms with van der Waals surface area (Å²) in [5.41, 5.74) is 4.36. The minimum absolute atomic E-state index is 0. The van der Waals surface area contributed by atoms with Gasteiger partial charge in [0.15, 0.2) is 0 Å². The van der Waals surface area contributed by atoms with E-state index >= 15 is 0 Å². The van der Waals surface area contributed by atoms with Crippen LogP contribution in [-0.4, -0.2) is 25.6 Å². The van der Waals surface area contributed by atoms with Crippen LogP contribution < -0.4 is 28.2 Å². The molecule has 1 amide bonds. The minimum Gasteiger partial charge on any atom is -1.00 e. The van der Waals surface area contributed by atoms with Crippen LogP contribution in [0.25, 0.3) is 0 Å². The molecule has 0 bridgehead atoms. The van der Waals surface area contributed by atoms with Crippen LogP contribution in [0, 0.1) is 0 Å². The summed E-state index contributed by atoms with van der Waals surface area (Å²) < 4.78 is 5.63. The molecular weight excluding hydrogens is 264 g/mol. The Labute approximate surface area is 121 Å². The van der Waals surface area contributed by atoms with Gasteiger partial charge in [0.1, 0.15) is 5.75 Å². The average molecular weight is 287 g/mol. The van der Waals surface area contributed by atoms with Crippen molar-refractivity contribution in [2.45, 2.75) is 26.2 Å². The van der Waals surface area contributed by atoms with E-state index in [0.717, 1.165) is 25.8 Å². The van der Waals surface area contributed by atoms with Gasteiger partial charge in [-0.1, -0.05) is 25.5 Å². The molecule has 0 atom stereocenters. The second-order valence-corrected chi connectivity index (χ2v) is 4.16. The lowest BCUT2D eigenvalue weighted by Crippen LogP contribution is -3.00. The molecule has 108 valence electrons. The fourth-order valence-electron chi connectivity index (χ4n) is 1.53. The Morgan fingerprint density at radius 1 is 1.32 bits per heavy atom. The molecule has 0 saturated carbocycles. The number of para-hydroxylation sites is 1. The molecule has 0 saturated heterocycles. The molecule has 0 radical (unpaired) electrons. The van der Waals surface area contributed by atoms with E-state index in [1.165, 1.54) is 0 Å². The first kappa shape index (κ1) is 17.7. The van der Waals surface area contributed by atoms with Crippen molar-refractivity contribution in [1.29, 1.82) is 0 Å². The average Bonchev–Trinajstić information content (AvgIpc) is 2.40. The van der Waals surface area contributed by atoms with Gasteiger partial charge < -0.3 is 28.2 Å². The Bertz CT molecular complexity index is 372. The van der Waals surface area contributed by atoms with E-state index in [0.29, 0.717) is 24.5 Å². The first-order valence-electron chi connectivity index (χ1n) is 6.58. The van der Waals surface area contributed by atoms with Crippen molar-refractivity contribution in [3.8, 4) is 5.75 Å². The van der Waals surface area contributed by atoms with Gasteiger partial charge in [-0.2, -0.15) is 0 Å². The highest BCUT2D eigenvalue weighted by Crippen LogP contribution is 2.18. The quantitative estimate of drug-likeness (QED) is 0.556. The summed E-state index contributed by atoms with van der Waals surface area (Å²) in [6.45, 7) is 4.25. The van der Waals surface area contributed by atoms with Gasteiger partial charge in [-0.05, 0) is 18.6 Å². The van der Waals surface area contributed by atoms with E-state index < -0.39 is 0 Å². The highest BCUT2D eigenvalue weighted by molar-refractivity contribution is 5.96. The van der Waals surface area contributed by atoms with E-state index in [9.17, 15) is 4.79 Å². The van der Waals surface area contributed by atoms with Crippen LogP contribution in [0.2, 0.25) is 0 Å². The summed E-state index contributed by atoms with van der Waals surface area (Å²) >= 11 is 0. The fourth-order valence-corrected chi connectivity index (χ4v) is 1.53. The van der Waals surface area contributed by atoms with Crippen molar-refractivity contribution in [3.63, 3.8) is 0 Å². The predicted octanol–water partition coefficient (Wildman–Crippen LogP) is -1.77. The van der Waals surface area contributed by atoms with E-state index in [1.54, 1.807) is 6.07 Å². The van der Waals surface area contributed by atoms with Crippen molar-refractivity contribution in [3.05, 3.63) is 29.8 Å². The Balaban J connectivity index is 0.00000324. The van der Waals surface area contributed by atoms with Gasteiger partial charge in [0.05, 0.1) is 18.7 Å². The first-order chi connectivity index (χ1) is 8.79. The zero-order chi connectivity index (χ0) is 13.2. The number of unbranched alkanes of at least 4 members (excludes halogenated alkanes) is 1. The van der Waals surface area contributed by atoms with Crippen molar-refractivity contribution in [2.75, 3.05) is 19.7 Å². The van der Waals surface area contributed by atoms with Crippen molar-refractivity contribution in [2.24, 2.45) is 0 Å². The topological polar surface area (TPSA) is 66.0 Å². The molecule has 0 fully saturated rings. The molecule has 19 heavy (non-hydrogen) atoms. The maximum absolute atomic E-state index is 12.0. The van der Waals surface area contributed by atoms with Crippen LogP contribution >= 0.6 is 0 Å². The highest BCUT2D eigenvalue weighted by Gasteiger charge is 2.11. The third kappa shape index (κ3) is 6.45. The molecule has 0 aromatic heterocycles. The van der Waals surface area contributed by atoms with Crippen LogP contribution in [0.15, 0.2) is 24.3 Å². The van der Waals surface area contributed by atoms with E-state index in [-0.39, 0.29) is 18.3 Å². The molecule has 0 spiro atoms. The smallest absolute Gasteiger partial charge is 0.255 e. The summed E-state index contributed by atoms with van der Waals surface area (Å²) in [6, 6.07) is 7.36. The number of hydrogen-bond acceptors (Lipinski definition) is 2. The highest BCUT2D eigenvalue weighted by atomic mass is 35.5. The zero-order valence-corrected chi connectivity index (χ0v) is 12.2. The molecule has 0 unspecified atom stereocenters. The van der Waals surface area contributed by atoms with Crippen molar-refractivity contribution in [1.82, 2.24) is 5.32 Å². The number of nitrogens with one attached hydrogen (secondary N) is 1. The van der Waals surface area contributed by atoms with E-state index in [4.69, 9.17) is 4.74 Å². The maximum Gasteiger partial charge on any atom is 0.255 e. The maximum atomic E-state index is 12.0. The lowest BCUT2D eigenvalue weighted by atomic mass is 10.2. The normalized spacial score (nSPS) is 9.58. The van der Waals surface area contributed by atoms with Gasteiger partial charge in [-0.25, -0.2) is 0 Å². The van der Waals surface area contributed by atoms with Crippen LogP contribution in [0.4, 0.5) is 0 Å². The number of carbonyl (C=O) groups excluding carboxylic acids is 1. The Hall–Kier alpha value is -1.26. The van der Waals surface area contributed by atoms with Gasteiger partial charge >= 0.3 is 0 Å². The number of hydrogen-bond donors (Lipinski definition) is 2. The van der Waals surface area contributed by atoms with Gasteiger partial charge in [-0.3, -0.25) is 4.79 Å². The molecule has 0 aliphatic rings. The number of ether oxygens (including phenoxy) is 1. The van der Waals surface area contributed by atoms with Crippen molar-refractivity contribution >= 4 is 5.91 Å². The second kappa shape index (κ2) is 10.6. The van der Waals surface area contributed by atoms with Crippen LogP contribution in [0.5, 0.6) is 5.75 Å². The summed E-state index contributed by atoms with van der Waals surface area (Å²) in [4.78, 5) is 12.0. The van der Waals surface area contributed by atoms with Gasteiger partial charge in [0.2, 0.25) is 0 Å². The lowest BCUT2D eigenvalue weighted by Gasteiger charge is -2.11. The Morgan fingerprint density at radius 2 is 2.05 bits per heavy atom. The van der Waals surface area contributed by atoms with Gasteiger partial charge in [0, 0.05) is 13.0 Å². The standard InChI is InChI=1S/C14H22N2O2.ClH/c1-2-3-11-18-13-8-5-4-7-12(13)14(17)16-10-6-9-15;/h4-5,7-8H,2-3,6,9-11,15H2,1H3,(H,16,17);1H. The van der Waals surface area contributed by atoms with Crippen LogP contribution in [0.1, 0.15) is 36.5 Å². The molecule has 1 aromatic rings. The molecule has 5 heteroatoms. The summed E-state index contributed by atoms with van der Waals surface area (Å²) in [6.07, 6.45) is 2.97. The third-order valence-electron chi connectivity index (χ3n) is 2.60. The predicted molar refractivity (Wildman–Crippen MR) is 71.6 cm³/mol. The summed E-state index contributed by atoms with van der Waals surface area (Å²) in [7, 11) is 0. The number of amides is 1. The summed E-state index contributed by atoms with van der Waals surface area (Å²) in [5, 5.41) is 2.87. The Kier molecular flexibility index (Phi) is 9.94. The largest absolute Gasteiger partial charge is 1.00 e. The second-order valence-electron chi connectivity index (χ2n) is 4.16. The molecule has 1 aromatic carbocycles. The molecule has 1 rings (SSSR count). The SMILES string of the molecule is CCCCOc1ccccc1C(=O)NCCC[NH3+].[Cl-]. The fraction of sp³-hybridized carbons (Fsp3) is 0.500. The monoisotopic (exact) mass is 286 g/mol. The van der Waals surface area contributed by atoms with Gasteiger partial charge in [0.25, 0.3) is 5.91 Å². The first-order valence-corrected chi connectivity index (χ1v) is 6.58. The van der Waals surface area contributed by atoms with Crippen LogP contribution in [-0.2, 0) is 0 Å². The molecular formula is C14H23ClN2O2. The third-order valence-corrected chi connectivity index (χ3v) is 2.60. The number of rotatable bonds is 8. The summed E-state index contributed by atoms with van der Waals surface area (Å²) in [5.74, 6) is 0.591. The molecule has 4 N–H and O–H groups in total. The zero-order valence-electron chi connectivity index (χ0n) is 11.5. The number of quaternary nitrogens is 1. The molecule has 0 aliphatic carbocycles. The van der Waals surface area contributed by atoms with Crippen LogP contribution in [0.3, 0.4) is 0 Å². The number of carbonyl (C=O) groups is 1. The van der Waals surface area contributed by atoms with E-state index in [2.05, 4.69) is 18.0 Å². The van der Waals surface area contributed by atoms with Crippen molar-refractivity contribution < 1.29 is 27.7 Å². The number of benzene rings is 1. The van der Waals surface area contributed by atoms with Gasteiger partial charge in [-0.15, -0.1) is 0 Å². The molecule has 4 nitrogen and oxygen atoms in total. The lowest BCUT2D eigenvalue weighted by molar-refractivity contribution is -0.367. The Morgan fingerprint density at radius 3 is 2.74 bits per heavy atom. The molecule has 0 heterocycles. The minimum atomic E-state index is -0.0736. The van der Waals surface area contributed by atoms with E-state index in [1.807, 2.05) is 18.2 Å². The number of halogens is 1.